The van der Waals surface area contributed by atoms with Gasteiger partial charge in [0.25, 0.3) is 0 Å². The zero-order valence-electron chi connectivity index (χ0n) is 16.8. The van der Waals surface area contributed by atoms with Gasteiger partial charge in [0.15, 0.2) is 0 Å². The third-order valence-corrected chi connectivity index (χ3v) is 6.51. The number of alkyl halides is 6. The molecule has 0 heterocycles. The Kier molecular flexibility index (Phi) is 7.76. The summed E-state index contributed by atoms with van der Waals surface area (Å²) in [5.41, 5.74) is -1.42. The van der Waals surface area contributed by atoms with Crippen LogP contribution >= 0.6 is 34.8 Å². The summed E-state index contributed by atoms with van der Waals surface area (Å²) in [6.45, 7) is 0. The normalized spacial score (nSPS) is 15.8. The van der Waals surface area contributed by atoms with E-state index in [0.29, 0.717) is 0 Å². The molecule has 0 N–H and O–H groups in total. The Morgan fingerprint density at radius 2 is 1.61 bits per heavy atom. The number of hydrogen-bond donors (Lipinski definition) is 0. The van der Waals surface area contributed by atoms with E-state index in [1.165, 1.54) is 12.1 Å². The van der Waals surface area contributed by atoms with Crippen molar-refractivity contribution in [3.63, 3.8) is 0 Å². The molecule has 0 spiro atoms. The van der Waals surface area contributed by atoms with Crippen LogP contribution in [0, 0.1) is 5.92 Å². The van der Waals surface area contributed by atoms with Crippen molar-refractivity contribution < 1.29 is 31.1 Å². The predicted octanol–water partition coefficient (Wildman–Crippen LogP) is 8.94. The Hall–Kier alpha value is -1.70. The van der Waals surface area contributed by atoms with E-state index in [4.69, 9.17) is 34.8 Å². The number of halogens is 9. The van der Waals surface area contributed by atoms with Crippen LogP contribution in [0.4, 0.5) is 26.3 Å². The highest BCUT2D eigenvalue weighted by atomic mass is 35.5. The number of allylic oxidation sites excluding steroid dienone is 1. The molecule has 1 saturated carbocycles. The Morgan fingerprint density at radius 1 is 1.00 bits per heavy atom. The molecule has 3 rings (SSSR count). The number of rotatable bonds is 7. The summed E-state index contributed by atoms with van der Waals surface area (Å²) in [5, 5.41) is -0.449. The van der Waals surface area contributed by atoms with E-state index in [9.17, 15) is 31.1 Å². The Bertz CT molecular complexity index is 1050. The highest BCUT2D eigenvalue weighted by Crippen LogP contribution is 2.41. The molecule has 1 fully saturated rings. The number of carbonyl (C=O) groups excluding carboxylic acids is 1. The van der Waals surface area contributed by atoms with Gasteiger partial charge in [-0.05, 0) is 54.2 Å². The van der Waals surface area contributed by atoms with Crippen molar-refractivity contribution in [2.45, 2.75) is 44.0 Å². The fraction of sp³-hybridized carbons (Fsp3) is 0.348. The van der Waals surface area contributed by atoms with E-state index < -0.39 is 23.8 Å². The van der Waals surface area contributed by atoms with Crippen LogP contribution in [0.2, 0.25) is 15.1 Å². The Morgan fingerprint density at radius 3 is 2.12 bits per heavy atom. The molecule has 0 amide bonds. The Labute approximate surface area is 201 Å². The zero-order valence-corrected chi connectivity index (χ0v) is 19.1. The molecule has 1 atom stereocenters. The average molecular weight is 530 g/mol. The van der Waals surface area contributed by atoms with Crippen LogP contribution in [0.3, 0.4) is 0 Å². The summed E-state index contributed by atoms with van der Waals surface area (Å²) < 4.78 is 81.7. The second-order valence-electron chi connectivity index (χ2n) is 7.83. The molecule has 0 aromatic heterocycles. The maximum absolute atomic E-state index is 13.7. The van der Waals surface area contributed by atoms with Crippen LogP contribution in [-0.4, -0.2) is 12.0 Å². The molecule has 2 aromatic carbocycles. The first-order valence-electron chi connectivity index (χ1n) is 9.89. The number of hydrogen-bond acceptors (Lipinski definition) is 1. The molecule has 178 valence electrons. The minimum absolute atomic E-state index is 0.00281. The minimum Gasteiger partial charge on any atom is -0.299 e. The van der Waals surface area contributed by atoms with Crippen molar-refractivity contribution in [1.82, 2.24) is 0 Å². The topological polar surface area (TPSA) is 17.1 Å². The van der Waals surface area contributed by atoms with E-state index in [2.05, 4.69) is 0 Å². The van der Waals surface area contributed by atoms with Crippen molar-refractivity contribution in [1.29, 1.82) is 0 Å². The van der Waals surface area contributed by atoms with Gasteiger partial charge in [-0.15, -0.1) is 0 Å². The van der Waals surface area contributed by atoms with E-state index in [-0.39, 0.29) is 56.3 Å². The zero-order chi connectivity index (χ0) is 24.6. The van der Waals surface area contributed by atoms with Crippen LogP contribution < -0.4 is 0 Å². The molecule has 1 aliphatic carbocycles. The van der Waals surface area contributed by atoms with E-state index in [0.717, 1.165) is 43.2 Å². The van der Waals surface area contributed by atoms with Crippen LogP contribution in [0.1, 0.15) is 47.4 Å². The second kappa shape index (κ2) is 9.88. The highest BCUT2D eigenvalue weighted by Gasteiger charge is 2.39. The van der Waals surface area contributed by atoms with Gasteiger partial charge in [-0.1, -0.05) is 59.1 Å². The summed E-state index contributed by atoms with van der Waals surface area (Å²) >= 11 is 17.5. The maximum atomic E-state index is 13.7. The third kappa shape index (κ3) is 6.67. The maximum Gasteiger partial charge on any atom is 0.416 e. The lowest BCUT2D eigenvalue weighted by Crippen LogP contribution is -2.19. The first-order valence-corrected chi connectivity index (χ1v) is 11.0. The van der Waals surface area contributed by atoms with E-state index in [1.807, 2.05) is 0 Å². The molecular formula is C23H17Cl3F6O. The van der Waals surface area contributed by atoms with Crippen molar-refractivity contribution in [2.75, 3.05) is 0 Å². The fourth-order valence-electron chi connectivity index (χ4n) is 3.42. The summed E-state index contributed by atoms with van der Waals surface area (Å²) in [4.78, 5) is 11.9. The van der Waals surface area contributed by atoms with Crippen LogP contribution in [-0.2, 0) is 17.4 Å². The molecule has 0 bridgehead atoms. The monoisotopic (exact) mass is 528 g/mol. The predicted molar refractivity (Wildman–Crippen MR) is 117 cm³/mol. The lowest BCUT2D eigenvalue weighted by molar-refractivity contribution is -0.140. The Balaban J connectivity index is 1.90. The van der Waals surface area contributed by atoms with Crippen LogP contribution in [0.15, 0.2) is 36.4 Å². The minimum atomic E-state index is -4.76. The molecule has 1 nitrogen and oxygen atoms in total. The molecule has 1 aliphatic rings. The van der Waals surface area contributed by atoms with Gasteiger partial charge in [0.05, 0.1) is 26.5 Å². The largest absolute Gasteiger partial charge is 0.416 e. The van der Waals surface area contributed by atoms with Gasteiger partial charge < -0.3 is 0 Å². The van der Waals surface area contributed by atoms with Crippen molar-refractivity contribution in [3.8, 4) is 0 Å². The van der Waals surface area contributed by atoms with E-state index >= 15 is 0 Å². The molecule has 33 heavy (non-hydrogen) atoms. The highest BCUT2D eigenvalue weighted by molar-refractivity contribution is 6.48. The quantitative estimate of drug-likeness (QED) is 0.258. The first kappa shape index (κ1) is 25.9. The van der Waals surface area contributed by atoms with Crippen molar-refractivity contribution >= 4 is 46.7 Å². The molecule has 10 heteroatoms. The van der Waals surface area contributed by atoms with Gasteiger partial charge in [-0.2, -0.15) is 26.3 Å². The van der Waals surface area contributed by atoms with Crippen LogP contribution in [0.5, 0.6) is 0 Å². The molecule has 2 aromatic rings. The summed E-state index contributed by atoms with van der Waals surface area (Å²) in [7, 11) is 0. The lowest BCUT2D eigenvalue weighted by atomic mass is 9.95. The smallest absolute Gasteiger partial charge is 0.299 e. The fourth-order valence-corrected chi connectivity index (χ4v) is 4.03. The lowest BCUT2D eigenvalue weighted by Gasteiger charge is -2.19. The second-order valence-corrected chi connectivity index (χ2v) is 9.02. The van der Waals surface area contributed by atoms with E-state index in [1.54, 1.807) is 0 Å². The van der Waals surface area contributed by atoms with Crippen molar-refractivity contribution in [2.24, 2.45) is 5.92 Å². The number of benzene rings is 2. The first-order chi connectivity index (χ1) is 15.3. The third-order valence-electron chi connectivity index (χ3n) is 5.31. The van der Waals surface area contributed by atoms with Gasteiger partial charge in [0, 0.05) is 12.3 Å². The molecule has 0 radical (unpaired) electrons. The summed E-state index contributed by atoms with van der Waals surface area (Å²) in [5.74, 6) is -2.30. The summed E-state index contributed by atoms with van der Waals surface area (Å²) in [6, 6.07) is 5.29. The average Bonchev–Trinajstić information content (AvgIpc) is 3.54. The van der Waals surface area contributed by atoms with Gasteiger partial charge in [0.2, 0.25) is 0 Å². The number of aryl methyl sites for hydroxylation is 1. The number of carbonyl (C=O) groups is 1. The molecule has 1 unspecified atom stereocenters. The van der Waals surface area contributed by atoms with Gasteiger partial charge in [0.1, 0.15) is 5.78 Å². The van der Waals surface area contributed by atoms with Gasteiger partial charge in [-0.25, -0.2) is 0 Å². The van der Waals surface area contributed by atoms with Crippen LogP contribution in [0.25, 0.3) is 6.08 Å². The SMILES string of the molecule is O=C(CCc1ccc(/C=C/C(c2cc(Cl)c(Cl)c(Cl)c2)C(F)(F)F)cc1C(F)(F)F)C1CC1. The molecular weight excluding hydrogens is 513 g/mol. The number of Topliss-reactive ketones (excluding diaryl/α,β-unsaturated/α-hetero) is 1. The van der Waals surface area contributed by atoms with Gasteiger partial charge >= 0.3 is 12.4 Å². The molecule has 0 aliphatic heterocycles. The molecule has 0 saturated heterocycles. The number of ketones is 1. The summed E-state index contributed by atoms with van der Waals surface area (Å²) in [6.07, 6.45) is -6.34. The standard InChI is InChI=1S/C23H17Cl3F6O/c24-18-10-15(11-19(25)21(18)26)16(22(27,28)29)7-2-12-1-3-13(17(9-12)23(30,31)32)6-8-20(33)14-4-5-14/h1-3,7,9-11,14,16H,4-6,8H2/b7-2+. The van der Waals surface area contributed by atoms with Crippen molar-refractivity contribution in [3.05, 3.63) is 73.7 Å². The van der Waals surface area contributed by atoms with Gasteiger partial charge in [-0.3, -0.25) is 4.79 Å².